The minimum atomic E-state index is -0.178. The van der Waals surface area contributed by atoms with E-state index in [1.54, 1.807) is 0 Å². The quantitative estimate of drug-likeness (QED) is 0.836. The Kier molecular flexibility index (Phi) is 4.55. The molecule has 1 heterocycles. The van der Waals surface area contributed by atoms with Crippen molar-refractivity contribution in [3.8, 4) is 0 Å². The van der Waals surface area contributed by atoms with Crippen LogP contribution in [0.3, 0.4) is 0 Å². The number of rotatable bonds is 5. The van der Waals surface area contributed by atoms with Gasteiger partial charge < -0.3 is 5.32 Å². The molecular weight excluding hydrogens is 252 g/mol. The number of likely N-dealkylation sites (N-methyl/N-ethyl adjacent to an activating group) is 1. The van der Waals surface area contributed by atoms with Crippen molar-refractivity contribution >= 4 is 11.8 Å². The molecule has 2 atom stereocenters. The van der Waals surface area contributed by atoms with Crippen LogP contribution in [0.25, 0.3) is 0 Å². The summed E-state index contributed by atoms with van der Waals surface area (Å²) in [6.45, 7) is 7.09. The fourth-order valence-corrected chi connectivity index (χ4v) is 2.56. The molecule has 0 aromatic heterocycles. The predicted molar refractivity (Wildman–Crippen MR) is 78.1 cm³/mol. The molecule has 0 bridgehead atoms. The number of benzene rings is 1. The number of carbonyl (C=O) groups excluding carboxylic acids is 2. The molecule has 4 nitrogen and oxygen atoms in total. The van der Waals surface area contributed by atoms with Gasteiger partial charge >= 0.3 is 0 Å². The lowest BCUT2D eigenvalue weighted by molar-refractivity contribution is -0.139. The van der Waals surface area contributed by atoms with E-state index in [0.717, 1.165) is 12.1 Å². The molecular formula is C16H22N2O2. The maximum absolute atomic E-state index is 12.0. The molecule has 1 saturated heterocycles. The first-order chi connectivity index (χ1) is 9.52. The maximum Gasteiger partial charge on any atom is 0.232 e. The summed E-state index contributed by atoms with van der Waals surface area (Å²) in [4.78, 5) is 25.3. The van der Waals surface area contributed by atoms with E-state index in [0.29, 0.717) is 13.0 Å². The minimum absolute atomic E-state index is 0.00111. The van der Waals surface area contributed by atoms with Crippen molar-refractivity contribution in [1.29, 1.82) is 0 Å². The molecule has 2 amide bonds. The molecule has 1 fully saturated rings. The summed E-state index contributed by atoms with van der Waals surface area (Å²) in [6.07, 6.45) is 0.339. The van der Waals surface area contributed by atoms with Crippen molar-refractivity contribution in [3.63, 3.8) is 0 Å². The van der Waals surface area contributed by atoms with E-state index in [1.807, 2.05) is 20.8 Å². The van der Waals surface area contributed by atoms with Gasteiger partial charge in [0, 0.05) is 18.9 Å². The summed E-state index contributed by atoms with van der Waals surface area (Å²) < 4.78 is 0. The van der Waals surface area contributed by atoms with Crippen molar-refractivity contribution < 1.29 is 9.59 Å². The number of aryl methyl sites for hydroxylation is 1. The zero-order valence-corrected chi connectivity index (χ0v) is 12.3. The van der Waals surface area contributed by atoms with Gasteiger partial charge in [-0.15, -0.1) is 0 Å². The van der Waals surface area contributed by atoms with Crippen LogP contribution in [-0.2, 0) is 9.59 Å². The van der Waals surface area contributed by atoms with Crippen molar-refractivity contribution in [1.82, 2.24) is 10.2 Å². The van der Waals surface area contributed by atoms with E-state index in [-0.39, 0.29) is 23.8 Å². The van der Waals surface area contributed by atoms with Gasteiger partial charge in [-0.05, 0) is 19.0 Å². The van der Waals surface area contributed by atoms with Gasteiger partial charge in [-0.3, -0.25) is 14.5 Å². The van der Waals surface area contributed by atoms with E-state index in [4.69, 9.17) is 0 Å². The Morgan fingerprint density at radius 3 is 2.45 bits per heavy atom. The second-order valence-electron chi connectivity index (χ2n) is 5.47. The molecule has 0 radical (unpaired) electrons. The van der Waals surface area contributed by atoms with Crippen LogP contribution >= 0.6 is 0 Å². The van der Waals surface area contributed by atoms with Crippen molar-refractivity contribution in [2.45, 2.75) is 33.2 Å². The molecule has 0 spiro atoms. The average molecular weight is 274 g/mol. The van der Waals surface area contributed by atoms with Gasteiger partial charge in [0.15, 0.2) is 0 Å². The fraction of sp³-hybridized carbons (Fsp3) is 0.500. The first-order valence-electron chi connectivity index (χ1n) is 7.17. The molecule has 4 heteroatoms. The Morgan fingerprint density at radius 2 is 1.95 bits per heavy atom. The van der Waals surface area contributed by atoms with Gasteiger partial charge in [-0.1, -0.05) is 43.7 Å². The minimum Gasteiger partial charge on any atom is -0.309 e. The lowest BCUT2D eigenvalue weighted by atomic mass is 10.0. The van der Waals surface area contributed by atoms with Crippen LogP contribution in [0.4, 0.5) is 0 Å². The van der Waals surface area contributed by atoms with Gasteiger partial charge in [0.1, 0.15) is 0 Å². The van der Waals surface area contributed by atoms with Crippen LogP contribution in [-0.4, -0.2) is 29.8 Å². The highest BCUT2D eigenvalue weighted by atomic mass is 16.2. The summed E-state index contributed by atoms with van der Waals surface area (Å²) in [7, 11) is 0. The summed E-state index contributed by atoms with van der Waals surface area (Å²) in [5.74, 6) is -0.287. The molecule has 1 N–H and O–H groups in total. The zero-order chi connectivity index (χ0) is 14.7. The van der Waals surface area contributed by atoms with Gasteiger partial charge in [0.05, 0.1) is 6.04 Å². The monoisotopic (exact) mass is 274 g/mol. The highest BCUT2D eigenvalue weighted by Gasteiger charge is 2.36. The SMILES string of the molecule is CCNC(CN1C(=O)CC(C)C1=O)c1ccc(C)cc1. The van der Waals surface area contributed by atoms with E-state index in [1.165, 1.54) is 10.5 Å². The number of hydrogen-bond donors (Lipinski definition) is 1. The second-order valence-corrected chi connectivity index (χ2v) is 5.47. The van der Waals surface area contributed by atoms with Crippen LogP contribution < -0.4 is 5.32 Å². The van der Waals surface area contributed by atoms with Crippen molar-refractivity contribution in [2.75, 3.05) is 13.1 Å². The number of nitrogens with one attached hydrogen (secondary N) is 1. The molecule has 2 rings (SSSR count). The smallest absolute Gasteiger partial charge is 0.232 e. The normalized spacial score (nSPS) is 20.6. The summed E-state index contributed by atoms with van der Waals surface area (Å²) in [6, 6.07) is 8.21. The number of likely N-dealkylation sites (tertiary alicyclic amines) is 1. The Morgan fingerprint density at radius 1 is 1.30 bits per heavy atom. The predicted octanol–water partition coefficient (Wildman–Crippen LogP) is 2.04. The second kappa shape index (κ2) is 6.18. The van der Waals surface area contributed by atoms with Crippen LogP contribution in [0.5, 0.6) is 0 Å². The van der Waals surface area contributed by atoms with Gasteiger partial charge in [0.2, 0.25) is 11.8 Å². The van der Waals surface area contributed by atoms with E-state index in [9.17, 15) is 9.59 Å². The highest BCUT2D eigenvalue weighted by molar-refractivity contribution is 6.03. The Bertz CT molecular complexity index is 496. The van der Waals surface area contributed by atoms with Gasteiger partial charge in [-0.25, -0.2) is 0 Å². The summed E-state index contributed by atoms with van der Waals surface area (Å²) in [5, 5.41) is 3.36. The molecule has 0 saturated carbocycles. The Hall–Kier alpha value is -1.68. The number of carbonyl (C=O) groups is 2. The molecule has 1 aromatic rings. The Balaban J connectivity index is 2.15. The molecule has 1 aromatic carbocycles. The van der Waals surface area contributed by atoms with E-state index >= 15 is 0 Å². The third kappa shape index (κ3) is 3.07. The van der Waals surface area contributed by atoms with Crippen LogP contribution in [0, 0.1) is 12.8 Å². The lowest BCUT2D eigenvalue weighted by Crippen LogP contribution is -2.38. The number of imide groups is 1. The number of nitrogens with zero attached hydrogens (tertiary/aromatic N) is 1. The first-order valence-corrected chi connectivity index (χ1v) is 7.17. The standard InChI is InChI=1S/C16H22N2O2/c1-4-17-14(13-7-5-11(2)6-8-13)10-18-15(19)9-12(3)16(18)20/h5-8,12,14,17H,4,9-10H2,1-3H3. The molecule has 1 aliphatic heterocycles. The molecule has 2 unspecified atom stereocenters. The van der Waals surface area contributed by atoms with E-state index in [2.05, 4.69) is 29.6 Å². The fourth-order valence-electron chi connectivity index (χ4n) is 2.56. The topological polar surface area (TPSA) is 49.4 Å². The summed E-state index contributed by atoms with van der Waals surface area (Å²) >= 11 is 0. The number of amides is 2. The Labute approximate surface area is 120 Å². The lowest BCUT2D eigenvalue weighted by Gasteiger charge is -2.24. The summed E-state index contributed by atoms with van der Waals surface area (Å²) in [5.41, 5.74) is 2.31. The van der Waals surface area contributed by atoms with Gasteiger partial charge in [0.25, 0.3) is 0 Å². The van der Waals surface area contributed by atoms with Crippen molar-refractivity contribution in [2.24, 2.45) is 5.92 Å². The average Bonchev–Trinajstić information content (AvgIpc) is 2.65. The van der Waals surface area contributed by atoms with Gasteiger partial charge in [-0.2, -0.15) is 0 Å². The van der Waals surface area contributed by atoms with Crippen molar-refractivity contribution in [3.05, 3.63) is 35.4 Å². The maximum atomic E-state index is 12.0. The molecule has 108 valence electrons. The van der Waals surface area contributed by atoms with Crippen LogP contribution in [0.15, 0.2) is 24.3 Å². The van der Waals surface area contributed by atoms with E-state index < -0.39 is 0 Å². The molecule has 1 aliphatic rings. The molecule has 20 heavy (non-hydrogen) atoms. The molecule has 0 aliphatic carbocycles. The zero-order valence-electron chi connectivity index (χ0n) is 12.3. The number of hydrogen-bond acceptors (Lipinski definition) is 3. The first kappa shape index (κ1) is 14.7. The third-order valence-electron chi connectivity index (χ3n) is 3.76. The van der Waals surface area contributed by atoms with Crippen LogP contribution in [0.1, 0.15) is 37.4 Å². The third-order valence-corrected chi connectivity index (χ3v) is 3.76. The van der Waals surface area contributed by atoms with Crippen LogP contribution in [0.2, 0.25) is 0 Å². The highest BCUT2D eigenvalue weighted by Crippen LogP contribution is 2.23. The largest absolute Gasteiger partial charge is 0.309 e.